The maximum absolute atomic E-state index is 12.7. The molecule has 0 aliphatic carbocycles. The van der Waals surface area contributed by atoms with Crippen LogP contribution in [0.25, 0.3) is 0 Å². The van der Waals surface area contributed by atoms with Crippen molar-refractivity contribution in [1.29, 1.82) is 0 Å². The van der Waals surface area contributed by atoms with Crippen molar-refractivity contribution in [3.05, 3.63) is 46.7 Å². The molecule has 1 saturated heterocycles. The van der Waals surface area contributed by atoms with Gasteiger partial charge < -0.3 is 15.0 Å². The van der Waals surface area contributed by atoms with Gasteiger partial charge in [0.05, 0.1) is 12.8 Å². The van der Waals surface area contributed by atoms with E-state index in [1.54, 1.807) is 25.4 Å². The van der Waals surface area contributed by atoms with E-state index in [-0.39, 0.29) is 5.91 Å². The molecule has 26 heavy (non-hydrogen) atoms. The zero-order valence-electron chi connectivity index (χ0n) is 15.2. The van der Waals surface area contributed by atoms with E-state index >= 15 is 0 Å². The molecule has 1 aliphatic heterocycles. The van der Waals surface area contributed by atoms with E-state index in [9.17, 15) is 4.79 Å². The van der Waals surface area contributed by atoms with Crippen LogP contribution >= 0.6 is 11.6 Å². The lowest BCUT2D eigenvalue weighted by Crippen LogP contribution is -2.24. The summed E-state index contributed by atoms with van der Waals surface area (Å²) in [5, 5.41) is 3.48. The van der Waals surface area contributed by atoms with Crippen LogP contribution in [0.2, 0.25) is 5.02 Å². The van der Waals surface area contributed by atoms with Crippen molar-refractivity contribution in [2.75, 3.05) is 30.4 Å². The number of amides is 1. The van der Waals surface area contributed by atoms with Gasteiger partial charge in [-0.15, -0.1) is 0 Å². The lowest BCUT2D eigenvalue weighted by molar-refractivity contribution is 0.102. The van der Waals surface area contributed by atoms with Gasteiger partial charge in [-0.1, -0.05) is 24.4 Å². The van der Waals surface area contributed by atoms with Gasteiger partial charge in [-0.25, -0.2) is 0 Å². The summed E-state index contributed by atoms with van der Waals surface area (Å²) in [6, 6.07) is 7.33. The number of aryl methyl sites for hydroxylation is 1. The maximum atomic E-state index is 12.7. The molecule has 2 aromatic rings. The topological polar surface area (TPSA) is 54.5 Å². The Morgan fingerprint density at radius 2 is 1.92 bits per heavy atom. The summed E-state index contributed by atoms with van der Waals surface area (Å²) < 4.78 is 5.32. The third-order valence-electron chi connectivity index (χ3n) is 4.68. The van der Waals surface area contributed by atoms with Crippen LogP contribution < -0.4 is 15.0 Å². The number of hydrogen-bond donors (Lipinski definition) is 1. The predicted molar refractivity (Wildman–Crippen MR) is 106 cm³/mol. The fraction of sp³-hybridized carbons (Fsp3) is 0.400. The van der Waals surface area contributed by atoms with E-state index in [0.717, 1.165) is 24.3 Å². The standard InChI is InChI=1S/C20H24ClN3O2/c1-14-11-17(19(26-2)13-16(14)21)23-20(25)18-12-15(7-8-22-18)24-9-5-3-4-6-10-24/h7-8,11-13H,3-6,9-10H2,1-2H3,(H,23,25). The van der Waals surface area contributed by atoms with Crippen LogP contribution in [0, 0.1) is 6.92 Å². The first-order valence-electron chi connectivity index (χ1n) is 8.95. The first kappa shape index (κ1) is 18.5. The second-order valence-corrected chi connectivity index (χ2v) is 6.96. The highest BCUT2D eigenvalue weighted by molar-refractivity contribution is 6.31. The van der Waals surface area contributed by atoms with Crippen LogP contribution in [0.3, 0.4) is 0 Å². The summed E-state index contributed by atoms with van der Waals surface area (Å²) in [6.45, 7) is 3.93. The Balaban J connectivity index is 1.80. The molecular formula is C20H24ClN3O2. The minimum Gasteiger partial charge on any atom is -0.495 e. The molecule has 1 aromatic heterocycles. The number of carbonyl (C=O) groups is 1. The van der Waals surface area contributed by atoms with Crippen molar-refractivity contribution in [3.63, 3.8) is 0 Å². The lowest BCUT2D eigenvalue weighted by Gasteiger charge is -2.22. The second-order valence-electron chi connectivity index (χ2n) is 6.56. The normalized spacial score (nSPS) is 14.7. The van der Waals surface area contributed by atoms with Gasteiger partial charge in [0.2, 0.25) is 0 Å². The van der Waals surface area contributed by atoms with E-state index in [4.69, 9.17) is 16.3 Å². The lowest BCUT2D eigenvalue weighted by atomic mass is 10.2. The molecule has 0 saturated carbocycles. The molecule has 3 rings (SSSR count). The number of nitrogens with one attached hydrogen (secondary N) is 1. The maximum Gasteiger partial charge on any atom is 0.274 e. The number of pyridine rings is 1. The summed E-state index contributed by atoms with van der Waals surface area (Å²) >= 11 is 6.13. The van der Waals surface area contributed by atoms with Gasteiger partial charge >= 0.3 is 0 Å². The van der Waals surface area contributed by atoms with Crippen molar-refractivity contribution in [3.8, 4) is 5.75 Å². The second kappa shape index (κ2) is 8.41. The van der Waals surface area contributed by atoms with Crippen molar-refractivity contribution >= 4 is 28.9 Å². The summed E-state index contributed by atoms with van der Waals surface area (Å²) in [4.78, 5) is 19.3. The minimum atomic E-state index is -0.262. The molecule has 5 nitrogen and oxygen atoms in total. The number of aromatic nitrogens is 1. The van der Waals surface area contributed by atoms with Crippen LogP contribution in [-0.2, 0) is 0 Å². The number of hydrogen-bond acceptors (Lipinski definition) is 4. The highest BCUT2D eigenvalue weighted by Crippen LogP contribution is 2.31. The number of halogens is 1. The molecule has 6 heteroatoms. The molecule has 1 aromatic carbocycles. The Hall–Kier alpha value is -2.27. The Labute approximate surface area is 159 Å². The third kappa shape index (κ3) is 4.28. The van der Waals surface area contributed by atoms with Crippen molar-refractivity contribution in [2.24, 2.45) is 0 Å². The highest BCUT2D eigenvalue weighted by Gasteiger charge is 2.16. The largest absolute Gasteiger partial charge is 0.495 e. The predicted octanol–water partition coefficient (Wildman–Crippen LogP) is 4.68. The summed E-state index contributed by atoms with van der Waals surface area (Å²) in [5.74, 6) is 0.263. The Morgan fingerprint density at radius 1 is 1.19 bits per heavy atom. The number of nitrogens with zero attached hydrogens (tertiary/aromatic N) is 2. The van der Waals surface area contributed by atoms with Gasteiger partial charge in [0, 0.05) is 36.1 Å². The molecular weight excluding hydrogens is 350 g/mol. The molecule has 2 heterocycles. The molecule has 0 radical (unpaired) electrons. The fourth-order valence-electron chi connectivity index (χ4n) is 3.19. The Morgan fingerprint density at radius 3 is 2.62 bits per heavy atom. The van der Waals surface area contributed by atoms with Gasteiger partial charge in [0.1, 0.15) is 11.4 Å². The molecule has 0 bridgehead atoms. The average molecular weight is 374 g/mol. The van der Waals surface area contributed by atoms with Gasteiger partial charge in [0.25, 0.3) is 5.91 Å². The minimum absolute atomic E-state index is 0.262. The van der Waals surface area contributed by atoms with E-state index < -0.39 is 0 Å². The SMILES string of the molecule is COc1cc(Cl)c(C)cc1NC(=O)c1cc(N2CCCCCC2)ccn1. The summed E-state index contributed by atoms with van der Waals surface area (Å²) in [5.41, 5.74) is 2.89. The van der Waals surface area contributed by atoms with E-state index in [1.807, 2.05) is 19.1 Å². The first-order chi connectivity index (χ1) is 12.6. The zero-order valence-corrected chi connectivity index (χ0v) is 16.0. The highest BCUT2D eigenvalue weighted by atomic mass is 35.5. The Bertz CT molecular complexity index is 787. The quantitative estimate of drug-likeness (QED) is 0.845. The van der Waals surface area contributed by atoms with E-state index in [1.165, 1.54) is 25.7 Å². The van der Waals surface area contributed by atoms with Crippen LogP contribution in [-0.4, -0.2) is 31.1 Å². The smallest absolute Gasteiger partial charge is 0.274 e. The number of anilines is 2. The van der Waals surface area contributed by atoms with Crippen LogP contribution in [0.15, 0.2) is 30.5 Å². The van der Waals surface area contributed by atoms with Gasteiger partial charge in [-0.3, -0.25) is 9.78 Å². The van der Waals surface area contributed by atoms with Crippen LogP contribution in [0.1, 0.15) is 41.7 Å². The van der Waals surface area contributed by atoms with E-state index in [2.05, 4.69) is 15.2 Å². The van der Waals surface area contributed by atoms with E-state index in [0.29, 0.717) is 22.2 Å². The fourth-order valence-corrected chi connectivity index (χ4v) is 3.34. The zero-order chi connectivity index (χ0) is 18.5. The monoisotopic (exact) mass is 373 g/mol. The summed E-state index contributed by atoms with van der Waals surface area (Å²) in [7, 11) is 1.55. The molecule has 0 atom stereocenters. The Kier molecular flexibility index (Phi) is 5.99. The van der Waals surface area contributed by atoms with Gasteiger partial charge in [-0.2, -0.15) is 0 Å². The number of benzene rings is 1. The first-order valence-corrected chi connectivity index (χ1v) is 9.33. The number of rotatable bonds is 4. The number of methoxy groups -OCH3 is 1. The average Bonchev–Trinajstić information content (AvgIpc) is 2.94. The molecule has 1 fully saturated rings. The van der Waals surface area contributed by atoms with Gasteiger partial charge in [0.15, 0.2) is 0 Å². The number of carbonyl (C=O) groups excluding carboxylic acids is 1. The van der Waals surface area contributed by atoms with Gasteiger partial charge in [-0.05, 0) is 43.5 Å². The molecule has 0 unspecified atom stereocenters. The summed E-state index contributed by atoms with van der Waals surface area (Å²) in [6.07, 6.45) is 6.60. The molecule has 138 valence electrons. The number of ether oxygens (including phenoxy) is 1. The molecule has 1 N–H and O–H groups in total. The van der Waals surface area contributed by atoms with Crippen molar-refractivity contribution < 1.29 is 9.53 Å². The molecule has 1 amide bonds. The van der Waals surface area contributed by atoms with Crippen molar-refractivity contribution in [2.45, 2.75) is 32.6 Å². The molecule has 1 aliphatic rings. The van der Waals surface area contributed by atoms with Crippen LogP contribution in [0.4, 0.5) is 11.4 Å². The van der Waals surface area contributed by atoms with Crippen molar-refractivity contribution in [1.82, 2.24) is 4.98 Å². The third-order valence-corrected chi connectivity index (χ3v) is 5.08. The molecule has 0 spiro atoms. The van der Waals surface area contributed by atoms with Crippen LogP contribution in [0.5, 0.6) is 5.75 Å².